The van der Waals surface area contributed by atoms with Gasteiger partial charge < -0.3 is 14.8 Å². The molecule has 1 aliphatic heterocycles. The fourth-order valence-corrected chi connectivity index (χ4v) is 2.75. The smallest absolute Gasteiger partial charge is 0.266 e. The van der Waals surface area contributed by atoms with E-state index in [2.05, 4.69) is 18.8 Å². The van der Waals surface area contributed by atoms with Crippen LogP contribution in [0.2, 0.25) is 5.02 Å². The second kappa shape index (κ2) is 6.52. The summed E-state index contributed by atoms with van der Waals surface area (Å²) in [5, 5.41) is -0.0386. The Morgan fingerprint density at radius 1 is 1.41 bits per heavy atom. The van der Waals surface area contributed by atoms with Crippen molar-refractivity contribution in [3.05, 3.63) is 33.2 Å². The maximum atomic E-state index is 12.5. The van der Waals surface area contributed by atoms with Crippen molar-refractivity contribution in [2.24, 2.45) is 5.92 Å². The number of hydrogen-bond donors (Lipinski definition) is 1. The maximum absolute atomic E-state index is 12.5. The average Bonchev–Trinajstić information content (AvgIpc) is 2.46. The molecule has 0 aliphatic carbocycles. The first kappa shape index (κ1) is 16.5. The quantitative estimate of drug-likeness (QED) is 0.912. The number of amides is 2. The van der Waals surface area contributed by atoms with Crippen LogP contribution in [0.15, 0.2) is 17.1 Å². The van der Waals surface area contributed by atoms with Gasteiger partial charge in [0, 0.05) is 25.8 Å². The number of carbonyl (C=O) groups is 2. The monoisotopic (exact) mass is 325 g/mol. The molecule has 0 aromatic carbocycles. The van der Waals surface area contributed by atoms with Crippen LogP contribution < -0.4 is 5.56 Å². The number of nitrogens with one attached hydrogen (secondary N) is 1. The number of aromatic amines is 1. The van der Waals surface area contributed by atoms with Crippen molar-refractivity contribution < 1.29 is 9.59 Å². The lowest BCUT2D eigenvalue weighted by atomic mass is 10.1. The van der Waals surface area contributed by atoms with E-state index < -0.39 is 11.6 Å². The molecule has 2 rings (SSSR count). The molecule has 22 heavy (non-hydrogen) atoms. The predicted octanol–water partition coefficient (Wildman–Crippen LogP) is 1.36. The van der Waals surface area contributed by atoms with Crippen LogP contribution in [-0.2, 0) is 4.79 Å². The van der Waals surface area contributed by atoms with E-state index in [1.54, 1.807) is 11.8 Å². The summed E-state index contributed by atoms with van der Waals surface area (Å²) in [6, 6.07) is 0.811. The number of pyridine rings is 1. The van der Waals surface area contributed by atoms with Crippen LogP contribution in [0.25, 0.3) is 0 Å². The minimum atomic E-state index is -0.522. The SMILES string of the molecule is CC(C)CN1CCN(C(=O)c2c[nH]c(=O)c(Cl)c2)[C@@H](C)C1=O. The zero-order chi connectivity index (χ0) is 16.4. The van der Waals surface area contributed by atoms with Gasteiger partial charge in [-0.2, -0.15) is 0 Å². The molecule has 1 saturated heterocycles. The van der Waals surface area contributed by atoms with Gasteiger partial charge in [-0.3, -0.25) is 14.4 Å². The lowest BCUT2D eigenvalue weighted by Crippen LogP contribution is -2.58. The molecule has 7 heteroatoms. The lowest BCUT2D eigenvalue weighted by molar-refractivity contribution is -0.140. The molecule has 120 valence electrons. The summed E-state index contributed by atoms with van der Waals surface area (Å²) in [5.41, 5.74) is -0.161. The van der Waals surface area contributed by atoms with E-state index in [0.29, 0.717) is 25.6 Å². The molecule has 1 atom stereocenters. The summed E-state index contributed by atoms with van der Waals surface area (Å²) >= 11 is 5.75. The first-order valence-electron chi connectivity index (χ1n) is 7.29. The maximum Gasteiger partial charge on any atom is 0.266 e. The Morgan fingerprint density at radius 3 is 2.68 bits per heavy atom. The van der Waals surface area contributed by atoms with Gasteiger partial charge >= 0.3 is 0 Å². The Balaban J connectivity index is 2.16. The van der Waals surface area contributed by atoms with Crippen molar-refractivity contribution in [2.45, 2.75) is 26.8 Å². The highest BCUT2D eigenvalue weighted by Gasteiger charge is 2.34. The molecular weight excluding hydrogens is 306 g/mol. The molecule has 1 aliphatic rings. The number of rotatable bonds is 3. The first-order valence-corrected chi connectivity index (χ1v) is 7.67. The average molecular weight is 326 g/mol. The van der Waals surface area contributed by atoms with Crippen molar-refractivity contribution in [3.63, 3.8) is 0 Å². The van der Waals surface area contributed by atoms with Gasteiger partial charge in [0.1, 0.15) is 11.1 Å². The molecule has 0 spiro atoms. The van der Waals surface area contributed by atoms with Crippen LogP contribution in [0.3, 0.4) is 0 Å². The van der Waals surface area contributed by atoms with Crippen LogP contribution in [0.4, 0.5) is 0 Å². The highest BCUT2D eigenvalue weighted by atomic mass is 35.5. The second-order valence-electron chi connectivity index (χ2n) is 5.92. The molecule has 6 nitrogen and oxygen atoms in total. The van der Waals surface area contributed by atoms with Crippen molar-refractivity contribution >= 4 is 23.4 Å². The van der Waals surface area contributed by atoms with E-state index in [1.165, 1.54) is 17.2 Å². The molecule has 1 fully saturated rings. The van der Waals surface area contributed by atoms with Gasteiger partial charge in [-0.05, 0) is 18.9 Å². The summed E-state index contributed by atoms with van der Waals surface area (Å²) in [6.45, 7) is 7.50. The molecule has 0 radical (unpaired) electrons. The van der Waals surface area contributed by atoms with Crippen LogP contribution in [0.1, 0.15) is 31.1 Å². The largest absolute Gasteiger partial charge is 0.339 e. The van der Waals surface area contributed by atoms with Crippen LogP contribution in [0.5, 0.6) is 0 Å². The normalized spacial score (nSPS) is 19.0. The van der Waals surface area contributed by atoms with E-state index in [4.69, 9.17) is 11.6 Å². The Hall–Kier alpha value is -1.82. The lowest BCUT2D eigenvalue weighted by Gasteiger charge is -2.39. The van der Waals surface area contributed by atoms with Crippen molar-refractivity contribution in [3.8, 4) is 0 Å². The fraction of sp³-hybridized carbons (Fsp3) is 0.533. The Labute approximate surface area is 134 Å². The van der Waals surface area contributed by atoms with Crippen LogP contribution in [0, 0.1) is 5.92 Å². The number of nitrogens with zero attached hydrogens (tertiary/aromatic N) is 2. The molecular formula is C15H20ClN3O3. The molecule has 1 N–H and O–H groups in total. The highest BCUT2D eigenvalue weighted by molar-refractivity contribution is 6.30. The first-order chi connectivity index (χ1) is 10.3. The number of piperazine rings is 1. The van der Waals surface area contributed by atoms with Crippen molar-refractivity contribution in [1.82, 2.24) is 14.8 Å². The zero-order valence-corrected chi connectivity index (χ0v) is 13.7. The molecule has 0 bridgehead atoms. The standard InChI is InChI=1S/C15H20ClN3O3/c1-9(2)8-18-4-5-19(10(3)14(18)21)15(22)11-6-12(16)13(20)17-7-11/h6-7,9-10H,4-5,8H2,1-3H3,(H,17,20)/t10-/m0/s1. The Morgan fingerprint density at radius 2 is 2.09 bits per heavy atom. The third kappa shape index (κ3) is 3.32. The van der Waals surface area contributed by atoms with Crippen LogP contribution >= 0.6 is 11.6 Å². The molecule has 2 heterocycles. The Kier molecular flexibility index (Phi) is 4.90. The molecule has 2 amide bonds. The summed E-state index contributed by atoms with van der Waals surface area (Å²) in [4.78, 5) is 41.9. The fourth-order valence-electron chi connectivity index (χ4n) is 2.57. The number of aromatic nitrogens is 1. The van der Waals surface area contributed by atoms with Gasteiger partial charge in [0.25, 0.3) is 11.5 Å². The van der Waals surface area contributed by atoms with Crippen molar-refractivity contribution in [2.75, 3.05) is 19.6 Å². The van der Waals surface area contributed by atoms with Crippen molar-refractivity contribution in [1.29, 1.82) is 0 Å². The van der Waals surface area contributed by atoms with E-state index in [1.807, 2.05) is 0 Å². The molecule has 0 unspecified atom stereocenters. The van der Waals surface area contributed by atoms with Gasteiger partial charge in [-0.15, -0.1) is 0 Å². The second-order valence-corrected chi connectivity index (χ2v) is 6.33. The van der Waals surface area contributed by atoms with E-state index >= 15 is 0 Å². The topological polar surface area (TPSA) is 73.5 Å². The third-order valence-corrected chi connectivity index (χ3v) is 3.98. The van der Waals surface area contributed by atoms with Gasteiger partial charge in [0.05, 0.1) is 5.56 Å². The van der Waals surface area contributed by atoms with E-state index in [9.17, 15) is 14.4 Å². The molecule has 1 aromatic heterocycles. The van der Waals surface area contributed by atoms with Gasteiger partial charge in [0.2, 0.25) is 5.91 Å². The summed E-state index contributed by atoms with van der Waals surface area (Å²) < 4.78 is 0. The van der Waals surface area contributed by atoms with Gasteiger partial charge in [-0.1, -0.05) is 25.4 Å². The highest BCUT2D eigenvalue weighted by Crippen LogP contribution is 2.17. The third-order valence-electron chi connectivity index (χ3n) is 3.70. The minimum absolute atomic E-state index is 0.0386. The number of H-pyrrole nitrogens is 1. The van der Waals surface area contributed by atoms with E-state index in [-0.39, 0.29) is 22.4 Å². The Bertz CT molecular complexity index is 641. The number of carbonyl (C=O) groups excluding carboxylic acids is 2. The van der Waals surface area contributed by atoms with Gasteiger partial charge in [-0.25, -0.2) is 0 Å². The summed E-state index contributed by atoms with van der Waals surface area (Å²) in [6.07, 6.45) is 1.33. The van der Waals surface area contributed by atoms with E-state index in [0.717, 1.165) is 0 Å². The number of halogens is 1. The molecule has 1 aromatic rings. The van der Waals surface area contributed by atoms with Crippen LogP contribution in [-0.4, -0.2) is 52.3 Å². The van der Waals surface area contributed by atoms with Gasteiger partial charge in [0.15, 0.2) is 0 Å². The summed E-state index contributed by atoms with van der Waals surface area (Å²) in [5.74, 6) is 0.0309. The predicted molar refractivity (Wildman–Crippen MR) is 84.0 cm³/mol. The minimum Gasteiger partial charge on any atom is -0.339 e. The summed E-state index contributed by atoms with van der Waals surface area (Å²) in [7, 11) is 0. The number of hydrogen-bond acceptors (Lipinski definition) is 3. The zero-order valence-electron chi connectivity index (χ0n) is 12.9. The molecule has 0 saturated carbocycles.